The number of anilines is 1. The lowest BCUT2D eigenvalue weighted by Gasteiger charge is -2.38. The molecule has 0 bridgehead atoms. The van der Waals surface area contributed by atoms with Crippen LogP contribution in [-0.2, 0) is 9.53 Å². The Hall–Kier alpha value is -3.36. The number of piperazine rings is 1. The van der Waals surface area contributed by atoms with Crippen molar-refractivity contribution in [3.8, 4) is 17.0 Å². The predicted molar refractivity (Wildman–Crippen MR) is 124 cm³/mol. The van der Waals surface area contributed by atoms with Crippen LogP contribution in [0, 0.1) is 5.92 Å². The maximum absolute atomic E-state index is 13.1. The predicted octanol–water partition coefficient (Wildman–Crippen LogP) is 2.67. The number of aromatic nitrogens is 2. The molecular weight excluding hydrogens is 422 g/mol. The second kappa shape index (κ2) is 10.5. The third kappa shape index (κ3) is 5.35. The number of carbonyl (C=O) groups is 2. The minimum atomic E-state index is -0.301. The Balaban J connectivity index is 1.34. The average Bonchev–Trinajstić information content (AvgIpc) is 2.89. The van der Waals surface area contributed by atoms with Crippen LogP contribution in [0.2, 0.25) is 0 Å². The molecule has 0 saturated carbocycles. The van der Waals surface area contributed by atoms with Crippen molar-refractivity contribution in [1.29, 1.82) is 0 Å². The summed E-state index contributed by atoms with van der Waals surface area (Å²) in [6.45, 7) is 5.77. The third-order valence-corrected chi connectivity index (χ3v) is 6.25. The van der Waals surface area contributed by atoms with E-state index in [1.807, 2.05) is 41.3 Å². The first-order chi connectivity index (χ1) is 16.1. The van der Waals surface area contributed by atoms with Gasteiger partial charge in [-0.1, -0.05) is 0 Å². The molecule has 0 N–H and O–H groups in total. The normalized spacial score (nSPS) is 18.7. The second-order valence-electron chi connectivity index (χ2n) is 8.30. The number of carbonyl (C=O) groups excluding carboxylic acids is 2. The number of ether oxygens (including phenoxy) is 2. The van der Waals surface area contributed by atoms with E-state index in [0.717, 1.165) is 42.2 Å². The summed E-state index contributed by atoms with van der Waals surface area (Å²) in [5, 5.41) is 8.84. The fraction of sp³-hybridized carbons (Fsp3) is 0.500. The molecule has 176 valence electrons. The van der Waals surface area contributed by atoms with E-state index in [4.69, 9.17) is 9.47 Å². The van der Waals surface area contributed by atoms with Crippen molar-refractivity contribution < 1.29 is 19.1 Å². The topological polar surface area (TPSA) is 88.1 Å². The quantitative estimate of drug-likeness (QED) is 0.688. The van der Waals surface area contributed by atoms with Gasteiger partial charge in [0, 0.05) is 44.8 Å². The number of nitrogens with zero attached hydrogens (tertiary/aromatic N) is 5. The first kappa shape index (κ1) is 22.8. The van der Waals surface area contributed by atoms with E-state index < -0.39 is 0 Å². The number of hydrogen-bond donors (Lipinski definition) is 0. The summed E-state index contributed by atoms with van der Waals surface area (Å²) in [4.78, 5) is 30.7. The summed E-state index contributed by atoms with van der Waals surface area (Å²) in [7, 11) is 1.64. The molecular formula is C24H31N5O4. The molecule has 2 aromatic rings. The number of methoxy groups -OCH3 is 1. The Morgan fingerprint density at radius 2 is 1.70 bits per heavy atom. The Morgan fingerprint density at radius 1 is 0.970 bits per heavy atom. The maximum Gasteiger partial charge on any atom is 0.409 e. The van der Waals surface area contributed by atoms with Gasteiger partial charge >= 0.3 is 6.09 Å². The maximum atomic E-state index is 13.1. The molecule has 2 fully saturated rings. The van der Waals surface area contributed by atoms with Crippen LogP contribution in [0.4, 0.5) is 10.6 Å². The Labute approximate surface area is 194 Å². The van der Waals surface area contributed by atoms with Gasteiger partial charge in [0.15, 0.2) is 5.82 Å². The molecule has 33 heavy (non-hydrogen) atoms. The summed E-state index contributed by atoms with van der Waals surface area (Å²) < 4.78 is 10.3. The van der Waals surface area contributed by atoms with Crippen molar-refractivity contribution in [3.05, 3.63) is 36.4 Å². The summed E-state index contributed by atoms with van der Waals surface area (Å²) in [5.41, 5.74) is 1.77. The Morgan fingerprint density at radius 3 is 2.33 bits per heavy atom. The monoisotopic (exact) mass is 453 g/mol. The van der Waals surface area contributed by atoms with E-state index in [9.17, 15) is 9.59 Å². The number of hydrogen-bond acceptors (Lipinski definition) is 7. The molecule has 1 unspecified atom stereocenters. The molecule has 1 aromatic heterocycles. The van der Waals surface area contributed by atoms with Gasteiger partial charge in [0.2, 0.25) is 5.91 Å². The van der Waals surface area contributed by atoms with Crippen LogP contribution in [0.15, 0.2) is 36.4 Å². The van der Waals surface area contributed by atoms with Crippen LogP contribution >= 0.6 is 0 Å². The smallest absolute Gasteiger partial charge is 0.409 e. The van der Waals surface area contributed by atoms with Gasteiger partial charge in [0.25, 0.3) is 0 Å². The van der Waals surface area contributed by atoms with E-state index in [-0.39, 0.29) is 17.9 Å². The van der Waals surface area contributed by atoms with Gasteiger partial charge in [-0.25, -0.2) is 4.79 Å². The summed E-state index contributed by atoms with van der Waals surface area (Å²) in [5.74, 6) is 1.67. The van der Waals surface area contributed by atoms with E-state index in [1.54, 1.807) is 18.9 Å². The van der Waals surface area contributed by atoms with Crippen LogP contribution < -0.4 is 9.64 Å². The van der Waals surface area contributed by atoms with Crippen LogP contribution in [0.25, 0.3) is 11.3 Å². The van der Waals surface area contributed by atoms with Gasteiger partial charge in [0.1, 0.15) is 5.75 Å². The highest BCUT2D eigenvalue weighted by Crippen LogP contribution is 2.25. The molecule has 9 heteroatoms. The van der Waals surface area contributed by atoms with Gasteiger partial charge in [-0.3, -0.25) is 4.79 Å². The number of piperidine rings is 1. The minimum absolute atomic E-state index is 0.0732. The highest BCUT2D eigenvalue weighted by molar-refractivity contribution is 5.80. The van der Waals surface area contributed by atoms with Crippen molar-refractivity contribution >= 4 is 17.8 Å². The lowest BCUT2D eigenvalue weighted by atomic mass is 9.96. The zero-order valence-electron chi connectivity index (χ0n) is 19.3. The molecule has 1 atom stereocenters. The third-order valence-electron chi connectivity index (χ3n) is 6.25. The van der Waals surface area contributed by atoms with Crippen molar-refractivity contribution in [2.75, 3.05) is 57.9 Å². The first-order valence-electron chi connectivity index (χ1n) is 11.5. The van der Waals surface area contributed by atoms with Crippen molar-refractivity contribution in [2.45, 2.75) is 19.8 Å². The molecule has 2 amide bonds. The molecule has 0 aliphatic carbocycles. The van der Waals surface area contributed by atoms with Gasteiger partial charge in [-0.05, 0) is 56.2 Å². The minimum Gasteiger partial charge on any atom is -0.497 e. The van der Waals surface area contributed by atoms with Crippen molar-refractivity contribution in [1.82, 2.24) is 20.0 Å². The highest BCUT2D eigenvalue weighted by atomic mass is 16.6. The first-order valence-corrected chi connectivity index (χ1v) is 11.5. The van der Waals surface area contributed by atoms with Gasteiger partial charge in [0.05, 0.1) is 25.3 Å². The highest BCUT2D eigenvalue weighted by Gasteiger charge is 2.32. The number of amides is 2. The molecule has 0 radical (unpaired) electrons. The van der Waals surface area contributed by atoms with Crippen LogP contribution in [0.1, 0.15) is 19.8 Å². The molecule has 2 aliphatic rings. The number of rotatable bonds is 5. The lowest BCUT2D eigenvalue weighted by molar-refractivity contribution is -0.137. The van der Waals surface area contributed by atoms with Crippen molar-refractivity contribution in [2.24, 2.45) is 5.92 Å². The Kier molecular flexibility index (Phi) is 7.26. The number of benzene rings is 1. The SMILES string of the molecule is CCOC(=O)N1CCN(C(=O)C2CCCN(c3ccc(-c4ccc(OC)cc4)nn3)C2)CC1. The lowest BCUT2D eigenvalue weighted by Crippen LogP contribution is -2.53. The average molecular weight is 454 g/mol. The second-order valence-corrected chi connectivity index (χ2v) is 8.30. The zero-order chi connectivity index (χ0) is 23.2. The van der Waals surface area contributed by atoms with Gasteiger partial charge in [-0.15, -0.1) is 10.2 Å². The summed E-state index contributed by atoms with van der Waals surface area (Å²) >= 11 is 0. The molecule has 2 aliphatic heterocycles. The van der Waals surface area contributed by atoms with Crippen molar-refractivity contribution in [3.63, 3.8) is 0 Å². The Bertz CT molecular complexity index is 942. The van der Waals surface area contributed by atoms with E-state index >= 15 is 0 Å². The largest absolute Gasteiger partial charge is 0.497 e. The van der Waals surface area contributed by atoms with Gasteiger partial charge in [-0.2, -0.15) is 0 Å². The zero-order valence-corrected chi connectivity index (χ0v) is 19.3. The fourth-order valence-corrected chi connectivity index (χ4v) is 4.38. The van der Waals surface area contributed by atoms with E-state index in [0.29, 0.717) is 39.3 Å². The summed E-state index contributed by atoms with van der Waals surface area (Å²) in [6.07, 6.45) is 1.50. The van der Waals surface area contributed by atoms with Crippen LogP contribution in [-0.4, -0.2) is 85.0 Å². The summed E-state index contributed by atoms with van der Waals surface area (Å²) in [6, 6.07) is 11.7. The van der Waals surface area contributed by atoms with E-state index in [1.165, 1.54) is 0 Å². The van der Waals surface area contributed by atoms with Crippen LogP contribution in [0.3, 0.4) is 0 Å². The van der Waals surface area contributed by atoms with E-state index in [2.05, 4.69) is 15.1 Å². The molecule has 9 nitrogen and oxygen atoms in total. The standard InChI is InChI=1S/C24H31N5O4/c1-3-33-24(31)28-15-13-27(14-16-28)23(30)19-5-4-12-29(17-19)22-11-10-21(25-26-22)18-6-8-20(32-2)9-7-18/h6-11,19H,3-5,12-17H2,1-2H3. The molecule has 1 aromatic carbocycles. The van der Waals surface area contributed by atoms with Gasteiger partial charge < -0.3 is 24.2 Å². The molecule has 3 heterocycles. The molecule has 0 spiro atoms. The molecule has 4 rings (SSSR count). The van der Waals surface area contributed by atoms with Crippen LogP contribution in [0.5, 0.6) is 5.75 Å². The molecule has 2 saturated heterocycles. The fourth-order valence-electron chi connectivity index (χ4n) is 4.38.